The maximum Gasteiger partial charge on any atom is 0.191 e. The number of methoxy groups -OCH3 is 1. The third-order valence-corrected chi connectivity index (χ3v) is 4.98. The summed E-state index contributed by atoms with van der Waals surface area (Å²) in [6.07, 6.45) is 1.18. The smallest absolute Gasteiger partial charge is 0.191 e. The summed E-state index contributed by atoms with van der Waals surface area (Å²) in [6, 6.07) is 18.2. The van der Waals surface area contributed by atoms with Crippen molar-refractivity contribution >= 4 is 35.6 Å². The van der Waals surface area contributed by atoms with Crippen molar-refractivity contribution in [1.29, 1.82) is 0 Å². The molecule has 1 saturated heterocycles. The van der Waals surface area contributed by atoms with Gasteiger partial charge >= 0.3 is 0 Å². The monoisotopic (exact) mass is 524 g/mol. The van der Waals surface area contributed by atoms with Crippen LogP contribution in [0.4, 0.5) is 5.69 Å². The van der Waals surface area contributed by atoms with E-state index >= 15 is 0 Å². The summed E-state index contributed by atoms with van der Waals surface area (Å²) in [5.74, 6) is 3.10. The van der Waals surface area contributed by atoms with E-state index in [2.05, 4.69) is 52.8 Å². The van der Waals surface area contributed by atoms with E-state index in [0.717, 1.165) is 43.6 Å². The number of nitrogens with one attached hydrogen (secondary N) is 2. The van der Waals surface area contributed by atoms with Crippen LogP contribution in [0.15, 0.2) is 59.6 Å². The summed E-state index contributed by atoms with van der Waals surface area (Å²) in [5.41, 5.74) is 1.31. The van der Waals surface area contributed by atoms with Crippen molar-refractivity contribution in [1.82, 2.24) is 10.6 Å². The molecule has 164 valence electrons. The Bertz CT molecular complexity index is 756. The van der Waals surface area contributed by atoms with Gasteiger partial charge in [0.2, 0.25) is 0 Å². The molecule has 30 heavy (non-hydrogen) atoms. The average molecular weight is 524 g/mol. The number of rotatable bonds is 9. The van der Waals surface area contributed by atoms with E-state index in [4.69, 9.17) is 14.5 Å². The van der Waals surface area contributed by atoms with Crippen LogP contribution in [-0.2, 0) is 0 Å². The molecule has 0 spiro atoms. The second-order valence-electron chi connectivity index (χ2n) is 7.11. The molecule has 6 nitrogen and oxygen atoms in total. The van der Waals surface area contributed by atoms with E-state index in [1.165, 1.54) is 12.1 Å². The molecule has 1 aliphatic heterocycles. The van der Waals surface area contributed by atoms with Crippen LogP contribution in [0.25, 0.3) is 0 Å². The van der Waals surface area contributed by atoms with E-state index in [1.54, 1.807) is 7.11 Å². The minimum Gasteiger partial charge on any atom is -0.497 e. The van der Waals surface area contributed by atoms with Gasteiger partial charge in [-0.25, -0.2) is 0 Å². The number of anilines is 1. The average Bonchev–Trinajstić information content (AvgIpc) is 3.25. The largest absolute Gasteiger partial charge is 0.497 e. The molecule has 0 aromatic heterocycles. The van der Waals surface area contributed by atoms with E-state index in [9.17, 15) is 0 Å². The third kappa shape index (κ3) is 7.59. The molecule has 3 rings (SSSR count). The van der Waals surface area contributed by atoms with E-state index in [-0.39, 0.29) is 24.0 Å². The molecular formula is C23H33IN4O2. The second-order valence-corrected chi connectivity index (χ2v) is 7.11. The van der Waals surface area contributed by atoms with Gasteiger partial charge in [0.15, 0.2) is 5.96 Å². The predicted octanol–water partition coefficient (Wildman–Crippen LogP) is 3.77. The summed E-state index contributed by atoms with van der Waals surface area (Å²) in [6.45, 7) is 7.18. The fraction of sp³-hybridized carbons (Fsp3) is 0.435. The number of nitrogens with zero attached hydrogens (tertiary/aromatic N) is 2. The Morgan fingerprint density at radius 1 is 1.07 bits per heavy atom. The molecule has 1 unspecified atom stereocenters. The van der Waals surface area contributed by atoms with Crippen LogP contribution in [0, 0.1) is 5.92 Å². The van der Waals surface area contributed by atoms with Gasteiger partial charge in [-0.2, -0.15) is 0 Å². The summed E-state index contributed by atoms with van der Waals surface area (Å²) >= 11 is 0. The normalized spacial score (nSPS) is 16.0. The van der Waals surface area contributed by atoms with E-state index in [0.29, 0.717) is 19.1 Å². The fourth-order valence-corrected chi connectivity index (χ4v) is 3.43. The molecular weight excluding hydrogens is 491 g/mol. The lowest BCUT2D eigenvalue weighted by Crippen LogP contribution is -2.39. The van der Waals surface area contributed by atoms with Gasteiger partial charge in [-0.15, -0.1) is 24.0 Å². The van der Waals surface area contributed by atoms with Crippen LogP contribution in [0.5, 0.6) is 11.5 Å². The molecule has 1 heterocycles. The predicted molar refractivity (Wildman–Crippen MR) is 135 cm³/mol. The Labute approximate surface area is 197 Å². The Hall–Kier alpha value is -2.16. The molecule has 0 bridgehead atoms. The van der Waals surface area contributed by atoms with Crippen molar-refractivity contribution in [3.8, 4) is 11.5 Å². The zero-order valence-corrected chi connectivity index (χ0v) is 20.2. The van der Waals surface area contributed by atoms with Crippen LogP contribution in [-0.4, -0.2) is 52.4 Å². The van der Waals surface area contributed by atoms with Gasteiger partial charge in [-0.3, -0.25) is 4.99 Å². The van der Waals surface area contributed by atoms with Crippen molar-refractivity contribution in [3.63, 3.8) is 0 Å². The lowest BCUT2D eigenvalue weighted by Gasteiger charge is -2.18. The topological polar surface area (TPSA) is 58.1 Å². The fourth-order valence-electron chi connectivity index (χ4n) is 3.43. The van der Waals surface area contributed by atoms with E-state index < -0.39 is 0 Å². The Morgan fingerprint density at radius 2 is 1.80 bits per heavy atom. The highest BCUT2D eigenvalue weighted by atomic mass is 127. The molecule has 1 aliphatic rings. The minimum atomic E-state index is 0. The molecule has 7 heteroatoms. The molecule has 1 atom stereocenters. The highest BCUT2D eigenvalue weighted by Gasteiger charge is 2.22. The van der Waals surface area contributed by atoms with E-state index in [1.807, 2.05) is 24.3 Å². The SMILES string of the molecule is CCNC(=NCC1CCN(c2ccccc2)C1)NCCOc1ccc(OC)cc1.I. The second kappa shape index (κ2) is 13.2. The molecule has 2 aromatic rings. The maximum atomic E-state index is 5.77. The first-order chi connectivity index (χ1) is 14.3. The van der Waals surface area contributed by atoms with Crippen LogP contribution >= 0.6 is 24.0 Å². The molecule has 0 radical (unpaired) electrons. The highest BCUT2D eigenvalue weighted by Crippen LogP contribution is 2.23. The van der Waals surface area contributed by atoms with Gasteiger partial charge in [0.1, 0.15) is 18.1 Å². The van der Waals surface area contributed by atoms with Gasteiger partial charge in [0.25, 0.3) is 0 Å². The quantitative estimate of drug-likeness (QED) is 0.227. The molecule has 0 aliphatic carbocycles. The number of halogens is 1. The molecule has 2 N–H and O–H groups in total. The number of aliphatic imine (C=N–C) groups is 1. The first-order valence-corrected chi connectivity index (χ1v) is 10.4. The number of hydrogen-bond donors (Lipinski definition) is 2. The summed E-state index contributed by atoms with van der Waals surface area (Å²) in [5, 5.41) is 6.67. The Morgan fingerprint density at radius 3 is 2.50 bits per heavy atom. The van der Waals surface area contributed by atoms with Crippen molar-refractivity contribution < 1.29 is 9.47 Å². The molecule has 2 aromatic carbocycles. The van der Waals surface area contributed by atoms with Crippen molar-refractivity contribution in [3.05, 3.63) is 54.6 Å². The lowest BCUT2D eigenvalue weighted by molar-refractivity contribution is 0.321. The van der Waals surface area contributed by atoms with Crippen molar-refractivity contribution in [2.75, 3.05) is 51.3 Å². The number of benzene rings is 2. The third-order valence-electron chi connectivity index (χ3n) is 4.98. The van der Waals surface area contributed by atoms with Gasteiger partial charge in [0.05, 0.1) is 13.7 Å². The molecule has 0 saturated carbocycles. The molecule has 1 fully saturated rings. The van der Waals surface area contributed by atoms with Crippen molar-refractivity contribution in [2.45, 2.75) is 13.3 Å². The van der Waals surface area contributed by atoms with Gasteiger partial charge in [0, 0.05) is 31.9 Å². The van der Waals surface area contributed by atoms with Gasteiger partial charge in [-0.1, -0.05) is 18.2 Å². The lowest BCUT2D eigenvalue weighted by atomic mass is 10.1. The minimum absolute atomic E-state index is 0. The number of para-hydroxylation sites is 1. The first-order valence-electron chi connectivity index (χ1n) is 10.4. The zero-order valence-electron chi connectivity index (χ0n) is 17.8. The van der Waals surface area contributed by atoms with Gasteiger partial charge in [-0.05, 0) is 55.7 Å². The van der Waals surface area contributed by atoms with Crippen LogP contribution < -0.4 is 25.0 Å². The first kappa shape index (κ1) is 24.1. The van der Waals surface area contributed by atoms with Crippen molar-refractivity contribution in [2.24, 2.45) is 10.9 Å². The number of hydrogen-bond acceptors (Lipinski definition) is 4. The van der Waals surface area contributed by atoms with Crippen LogP contribution in [0.3, 0.4) is 0 Å². The maximum absolute atomic E-state index is 5.77. The van der Waals surface area contributed by atoms with Crippen LogP contribution in [0.1, 0.15) is 13.3 Å². The van der Waals surface area contributed by atoms with Crippen LogP contribution in [0.2, 0.25) is 0 Å². The molecule has 0 amide bonds. The zero-order chi connectivity index (χ0) is 20.3. The summed E-state index contributed by atoms with van der Waals surface area (Å²) in [4.78, 5) is 7.23. The highest BCUT2D eigenvalue weighted by molar-refractivity contribution is 14.0. The standard InChI is InChI=1S/C23H32N4O2.HI/c1-3-24-23(25-14-16-29-22-11-9-21(28-2)10-12-22)26-17-19-13-15-27(18-19)20-7-5-4-6-8-20;/h4-12,19H,3,13-18H2,1-2H3,(H2,24,25,26);1H. The summed E-state index contributed by atoms with van der Waals surface area (Å²) in [7, 11) is 1.66. The Balaban J connectivity index is 0.00000320. The number of ether oxygens (including phenoxy) is 2. The Kier molecular flexibility index (Phi) is 10.6. The van der Waals surface area contributed by atoms with Gasteiger partial charge < -0.3 is 25.0 Å². The number of guanidine groups is 1. The summed E-state index contributed by atoms with van der Waals surface area (Å²) < 4.78 is 10.9.